The first kappa shape index (κ1) is 18.4. The summed E-state index contributed by atoms with van der Waals surface area (Å²) in [4.78, 5) is 30.7. The van der Waals surface area contributed by atoms with Gasteiger partial charge in [-0.25, -0.2) is 14.6 Å². The maximum absolute atomic E-state index is 12.8. The highest BCUT2D eigenvalue weighted by Gasteiger charge is 2.33. The first-order valence-electron chi connectivity index (χ1n) is 8.74. The molecule has 0 bridgehead atoms. The molecule has 2 aromatic rings. The van der Waals surface area contributed by atoms with Gasteiger partial charge in [-0.05, 0) is 45.2 Å². The summed E-state index contributed by atoms with van der Waals surface area (Å²) in [7, 11) is 0. The Hall–Kier alpha value is -2.41. The van der Waals surface area contributed by atoms with E-state index in [1.807, 2.05) is 32.0 Å². The molecule has 1 heterocycles. The Bertz CT molecular complexity index is 814. The molecule has 0 aliphatic heterocycles. The van der Waals surface area contributed by atoms with E-state index in [0.717, 1.165) is 34.7 Å². The molecular formula is C19H23N3O3S. The highest BCUT2D eigenvalue weighted by atomic mass is 32.1. The smallest absolute Gasteiger partial charge is 0.357 e. The van der Waals surface area contributed by atoms with E-state index in [4.69, 9.17) is 4.74 Å². The average molecular weight is 373 g/mol. The van der Waals surface area contributed by atoms with Crippen LogP contribution in [0.25, 0.3) is 0 Å². The molecule has 1 aromatic carbocycles. The van der Waals surface area contributed by atoms with E-state index in [1.165, 1.54) is 11.3 Å². The molecule has 0 saturated heterocycles. The van der Waals surface area contributed by atoms with E-state index >= 15 is 0 Å². The predicted octanol–water partition coefficient (Wildman–Crippen LogP) is 4.13. The van der Waals surface area contributed by atoms with E-state index in [2.05, 4.69) is 10.3 Å². The SMILES string of the molecule is CCOC(=O)c1csc(CN(C(=O)Nc2ccc(C)cc2C)C2CC2)n1. The van der Waals surface area contributed by atoms with Crippen LogP contribution in [-0.2, 0) is 11.3 Å². The molecule has 6 nitrogen and oxygen atoms in total. The quantitative estimate of drug-likeness (QED) is 0.773. The molecule has 26 heavy (non-hydrogen) atoms. The lowest BCUT2D eigenvalue weighted by molar-refractivity contribution is 0.0520. The summed E-state index contributed by atoms with van der Waals surface area (Å²) >= 11 is 1.37. The first-order valence-corrected chi connectivity index (χ1v) is 9.62. The summed E-state index contributed by atoms with van der Waals surface area (Å²) < 4.78 is 4.97. The van der Waals surface area contributed by atoms with Crippen molar-refractivity contribution in [2.24, 2.45) is 0 Å². The van der Waals surface area contributed by atoms with Gasteiger partial charge in [-0.3, -0.25) is 0 Å². The molecule has 1 aliphatic rings. The van der Waals surface area contributed by atoms with Crippen LogP contribution in [0, 0.1) is 13.8 Å². The molecule has 1 saturated carbocycles. The summed E-state index contributed by atoms with van der Waals surface area (Å²) in [5.41, 5.74) is 3.32. The van der Waals surface area contributed by atoms with Gasteiger partial charge in [0.1, 0.15) is 5.01 Å². The lowest BCUT2D eigenvalue weighted by Gasteiger charge is -2.22. The van der Waals surface area contributed by atoms with E-state index in [0.29, 0.717) is 18.8 Å². The molecule has 3 rings (SSSR count). The van der Waals surface area contributed by atoms with Gasteiger partial charge in [0.05, 0.1) is 13.2 Å². The molecule has 1 fully saturated rings. The van der Waals surface area contributed by atoms with Crippen molar-refractivity contribution in [2.75, 3.05) is 11.9 Å². The standard InChI is InChI=1S/C19H23N3O3S/c1-4-25-18(23)16-11-26-17(20-16)10-22(14-6-7-14)19(24)21-15-8-5-12(2)9-13(15)3/h5,8-9,11,14H,4,6-7,10H2,1-3H3,(H,21,24). The number of carbonyl (C=O) groups is 2. The van der Waals surface area contributed by atoms with Crippen LogP contribution < -0.4 is 5.32 Å². The molecule has 0 radical (unpaired) electrons. The van der Waals surface area contributed by atoms with Crippen LogP contribution in [-0.4, -0.2) is 34.5 Å². The lowest BCUT2D eigenvalue weighted by Crippen LogP contribution is -2.36. The zero-order valence-electron chi connectivity index (χ0n) is 15.2. The van der Waals surface area contributed by atoms with Crippen LogP contribution in [0.15, 0.2) is 23.6 Å². The molecule has 0 atom stereocenters. The number of urea groups is 1. The zero-order valence-corrected chi connectivity index (χ0v) is 16.1. The Morgan fingerprint density at radius 2 is 2.12 bits per heavy atom. The number of aryl methyl sites for hydroxylation is 2. The minimum Gasteiger partial charge on any atom is -0.461 e. The number of nitrogens with one attached hydrogen (secondary N) is 1. The summed E-state index contributed by atoms with van der Waals surface area (Å²) in [5, 5.41) is 5.41. The minimum absolute atomic E-state index is 0.132. The van der Waals surface area contributed by atoms with Gasteiger partial charge in [0.15, 0.2) is 5.69 Å². The molecule has 7 heteroatoms. The van der Waals surface area contributed by atoms with Crippen molar-refractivity contribution in [1.82, 2.24) is 9.88 Å². The highest BCUT2D eigenvalue weighted by molar-refractivity contribution is 7.09. The largest absolute Gasteiger partial charge is 0.461 e. The summed E-state index contributed by atoms with van der Waals surface area (Å²) in [6.45, 7) is 6.48. The Labute approximate surface area is 157 Å². The second-order valence-corrected chi connectivity index (χ2v) is 7.40. The van der Waals surface area contributed by atoms with E-state index in [-0.39, 0.29) is 12.1 Å². The number of anilines is 1. The van der Waals surface area contributed by atoms with Crippen molar-refractivity contribution in [3.8, 4) is 0 Å². The Kier molecular flexibility index (Phi) is 5.56. The Morgan fingerprint density at radius 1 is 1.35 bits per heavy atom. The Balaban J connectivity index is 1.69. The number of aromatic nitrogens is 1. The zero-order chi connectivity index (χ0) is 18.7. The number of hydrogen-bond acceptors (Lipinski definition) is 5. The normalized spacial score (nSPS) is 13.3. The van der Waals surface area contributed by atoms with Gasteiger partial charge >= 0.3 is 12.0 Å². The fourth-order valence-electron chi connectivity index (χ4n) is 2.72. The van der Waals surface area contributed by atoms with Gasteiger partial charge in [0, 0.05) is 17.1 Å². The van der Waals surface area contributed by atoms with Gasteiger partial charge in [0.2, 0.25) is 0 Å². The number of nitrogens with zero attached hydrogens (tertiary/aromatic N) is 2. The monoisotopic (exact) mass is 373 g/mol. The summed E-state index contributed by atoms with van der Waals surface area (Å²) in [6.07, 6.45) is 1.99. The topological polar surface area (TPSA) is 71.5 Å². The molecule has 1 aliphatic carbocycles. The first-order chi connectivity index (χ1) is 12.5. The van der Waals surface area contributed by atoms with Crippen molar-refractivity contribution < 1.29 is 14.3 Å². The van der Waals surface area contributed by atoms with Crippen LogP contribution in [0.2, 0.25) is 0 Å². The molecule has 1 aromatic heterocycles. The second-order valence-electron chi connectivity index (χ2n) is 6.45. The predicted molar refractivity (Wildman–Crippen MR) is 102 cm³/mol. The number of thiazole rings is 1. The molecular weight excluding hydrogens is 350 g/mol. The fourth-order valence-corrected chi connectivity index (χ4v) is 3.48. The van der Waals surface area contributed by atoms with Crippen molar-refractivity contribution in [2.45, 2.75) is 46.2 Å². The Morgan fingerprint density at radius 3 is 2.77 bits per heavy atom. The molecule has 0 spiro atoms. The number of esters is 1. The van der Waals surface area contributed by atoms with Crippen LogP contribution in [0.4, 0.5) is 10.5 Å². The number of rotatable bonds is 6. The van der Waals surface area contributed by atoms with Gasteiger partial charge in [-0.1, -0.05) is 17.7 Å². The number of ether oxygens (including phenoxy) is 1. The van der Waals surface area contributed by atoms with Crippen LogP contribution in [0.3, 0.4) is 0 Å². The summed E-state index contributed by atoms with van der Waals surface area (Å²) in [6, 6.07) is 6.05. The fraction of sp³-hybridized carbons (Fsp3) is 0.421. The van der Waals surface area contributed by atoms with Gasteiger partial charge < -0.3 is 15.0 Å². The highest BCUT2D eigenvalue weighted by Crippen LogP contribution is 2.30. The molecule has 2 amide bonds. The van der Waals surface area contributed by atoms with Crippen LogP contribution in [0.1, 0.15) is 46.4 Å². The van der Waals surface area contributed by atoms with Crippen molar-refractivity contribution in [3.05, 3.63) is 45.4 Å². The second kappa shape index (κ2) is 7.86. The third kappa shape index (κ3) is 4.40. The number of carbonyl (C=O) groups excluding carboxylic acids is 2. The lowest BCUT2D eigenvalue weighted by atomic mass is 10.1. The molecule has 1 N–H and O–H groups in total. The van der Waals surface area contributed by atoms with E-state index in [1.54, 1.807) is 17.2 Å². The van der Waals surface area contributed by atoms with E-state index < -0.39 is 5.97 Å². The molecule has 0 unspecified atom stereocenters. The number of hydrogen-bond donors (Lipinski definition) is 1. The molecule has 138 valence electrons. The maximum Gasteiger partial charge on any atom is 0.357 e. The number of benzene rings is 1. The third-order valence-corrected chi connectivity index (χ3v) is 5.05. The van der Waals surface area contributed by atoms with Gasteiger partial charge in [0.25, 0.3) is 0 Å². The van der Waals surface area contributed by atoms with Crippen LogP contribution >= 0.6 is 11.3 Å². The number of amides is 2. The minimum atomic E-state index is -0.423. The van der Waals surface area contributed by atoms with Gasteiger partial charge in [-0.15, -0.1) is 11.3 Å². The van der Waals surface area contributed by atoms with Gasteiger partial charge in [-0.2, -0.15) is 0 Å². The van der Waals surface area contributed by atoms with Crippen molar-refractivity contribution in [3.63, 3.8) is 0 Å². The summed E-state index contributed by atoms with van der Waals surface area (Å²) in [5.74, 6) is -0.423. The average Bonchev–Trinajstić information content (AvgIpc) is 3.33. The van der Waals surface area contributed by atoms with Crippen LogP contribution in [0.5, 0.6) is 0 Å². The van der Waals surface area contributed by atoms with Crippen molar-refractivity contribution >= 4 is 29.0 Å². The third-order valence-electron chi connectivity index (χ3n) is 4.21. The van der Waals surface area contributed by atoms with E-state index in [9.17, 15) is 9.59 Å². The van der Waals surface area contributed by atoms with Crippen molar-refractivity contribution in [1.29, 1.82) is 0 Å². The maximum atomic E-state index is 12.8.